The maximum absolute atomic E-state index is 12.4. The Morgan fingerprint density at radius 2 is 1.73 bits per heavy atom. The Balaban J connectivity index is 1.33. The molecule has 0 N–H and O–H groups in total. The van der Waals surface area contributed by atoms with Gasteiger partial charge in [0.15, 0.2) is 0 Å². The molecule has 0 unspecified atom stereocenters. The van der Waals surface area contributed by atoms with Gasteiger partial charge in [0.05, 0.1) is 18.8 Å². The zero-order chi connectivity index (χ0) is 26.9. The van der Waals surface area contributed by atoms with Crippen molar-refractivity contribution in [3.8, 4) is 0 Å². The molecule has 7 nitrogen and oxygen atoms in total. The molecule has 0 amide bonds. The first-order chi connectivity index (χ1) is 17.6. The second-order valence-electron chi connectivity index (χ2n) is 10.4. The van der Waals surface area contributed by atoms with Crippen molar-refractivity contribution in [2.24, 2.45) is 17.8 Å². The Morgan fingerprint density at radius 1 is 1.11 bits per heavy atom. The maximum atomic E-state index is 12.4. The Morgan fingerprint density at radius 3 is 2.30 bits per heavy atom. The highest BCUT2D eigenvalue weighted by atomic mass is 32.2. The summed E-state index contributed by atoms with van der Waals surface area (Å²) in [5.74, 6) is 0.986. The van der Waals surface area contributed by atoms with Gasteiger partial charge in [-0.2, -0.15) is 13.2 Å². The summed E-state index contributed by atoms with van der Waals surface area (Å²) in [6.07, 6.45) is 6.50. The van der Waals surface area contributed by atoms with Crippen molar-refractivity contribution in [3.05, 3.63) is 30.6 Å². The SMILES string of the molecule is C=C[C@@H](COCC1CCN(S(=O)(=O)CCC(F)(F)F)CC1)CC1CCN(c2ncc(CCC)cn2)CC1. The number of sulfonamides is 1. The van der Waals surface area contributed by atoms with E-state index in [1.165, 1.54) is 9.87 Å². The third-order valence-corrected chi connectivity index (χ3v) is 9.26. The Bertz CT molecular complexity index is 927. The van der Waals surface area contributed by atoms with E-state index in [0.29, 0.717) is 32.0 Å². The lowest BCUT2D eigenvalue weighted by atomic mass is 9.87. The molecule has 37 heavy (non-hydrogen) atoms. The fraction of sp³-hybridized carbons (Fsp3) is 0.769. The van der Waals surface area contributed by atoms with Gasteiger partial charge in [0.2, 0.25) is 16.0 Å². The molecule has 0 aromatic carbocycles. The Kier molecular flexibility index (Phi) is 11.2. The van der Waals surface area contributed by atoms with Crippen LogP contribution in [0.4, 0.5) is 19.1 Å². The number of piperidine rings is 2. The van der Waals surface area contributed by atoms with Gasteiger partial charge in [-0.3, -0.25) is 0 Å². The molecular weight excluding hydrogens is 505 g/mol. The normalized spacial score (nSPS) is 19.7. The van der Waals surface area contributed by atoms with Crippen molar-refractivity contribution in [2.45, 2.75) is 64.5 Å². The molecular formula is C26H41F3N4O3S. The van der Waals surface area contributed by atoms with Crippen LogP contribution < -0.4 is 4.90 Å². The van der Waals surface area contributed by atoms with Gasteiger partial charge in [-0.1, -0.05) is 19.4 Å². The lowest BCUT2D eigenvalue weighted by molar-refractivity contribution is -0.130. The summed E-state index contributed by atoms with van der Waals surface area (Å²) in [6.45, 7) is 9.62. The molecule has 11 heteroatoms. The van der Waals surface area contributed by atoms with Crippen LogP contribution in [0.1, 0.15) is 57.4 Å². The van der Waals surface area contributed by atoms with Crippen molar-refractivity contribution in [1.82, 2.24) is 14.3 Å². The average Bonchev–Trinajstić information content (AvgIpc) is 2.88. The van der Waals surface area contributed by atoms with Crippen LogP contribution in [-0.2, 0) is 21.2 Å². The molecule has 2 aliphatic heterocycles. The zero-order valence-electron chi connectivity index (χ0n) is 21.8. The highest BCUT2D eigenvalue weighted by Gasteiger charge is 2.34. The first kappa shape index (κ1) is 29.8. The summed E-state index contributed by atoms with van der Waals surface area (Å²) in [6, 6.07) is 0. The molecule has 0 aliphatic carbocycles. The minimum absolute atomic E-state index is 0.214. The van der Waals surface area contributed by atoms with Gasteiger partial charge in [0, 0.05) is 51.1 Å². The highest BCUT2D eigenvalue weighted by molar-refractivity contribution is 7.89. The van der Waals surface area contributed by atoms with E-state index in [9.17, 15) is 21.6 Å². The molecule has 2 fully saturated rings. The van der Waals surface area contributed by atoms with Crippen LogP contribution in [0.15, 0.2) is 25.0 Å². The van der Waals surface area contributed by atoms with E-state index in [-0.39, 0.29) is 24.9 Å². The smallest absolute Gasteiger partial charge is 0.381 e. The number of hydrogen-bond acceptors (Lipinski definition) is 6. The van der Waals surface area contributed by atoms with Crippen molar-refractivity contribution in [1.29, 1.82) is 0 Å². The number of aromatic nitrogens is 2. The van der Waals surface area contributed by atoms with E-state index in [2.05, 4.69) is 28.4 Å². The summed E-state index contributed by atoms with van der Waals surface area (Å²) in [5, 5.41) is 0. The number of hydrogen-bond donors (Lipinski definition) is 0. The van der Waals surface area contributed by atoms with Crippen LogP contribution in [0, 0.1) is 17.8 Å². The summed E-state index contributed by atoms with van der Waals surface area (Å²) in [4.78, 5) is 11.3. The standard InChI is InChI=1S/C26H41F3N4O3S/c1-3-5-24-17-30-25(31-18-24)32-11-6-22(7-12-32)16-21(4-2)19-36-20-23-8-13-33(14-9-23)37(34,35)15-10-26(27,28)29/h4,17-18,21-23H,2-3,5-16,19-20H2,1H3/t21-/m1/s1. The van der Waals surface area contributed by atoms with Gasteiger partial charge in [0.1, 0.15) is 0 Å². The van der Waals surface area contributed by atoms with E-state index in [1.807, 2.05) is 18.5 Å². The number of rotatable bonds is 13. The molecule has 3 rings (SSSR count). The van der Waals surface area contributed by atoms with Crippen molar-refractivity contribution in [3.63, 3.8) is 0 Å². The van der Waals surface area contributed by atoms with E-state index in [0.717, 1.165) is 51.1 Å². The van der Waals surface area contributed by atoms with Crippen molar-refractivity contribution < 1.29 is 26.3 Å². The number of halogens is 3. The molecule has 210 valence electrons. The minimum atomic E-state index is -4.47. The Hall–Kier alpha value is -1.72. The fourth-order valence-electron chi connectivity index (χ4n) is 5.07. The van der Waals surface area contributed by atoms with E-state index < -0.39 is 28.4 Å². The molecule has 0 spiro atoms. The van der Waals surface area contributed by atoms with Crippen LogP contribution in [0.3, 0.4) is 0 Å². The number of alkyl halides is 3. The average molecular weight is 547 g/mol. The maximum Gasteiger partial charge on any atom is 0.390 e. The quantitative estimate of drug-likeness (QED) is 0.330. The predicted molar refractivity (Wildman–Crippen MR) is 139 cm³/mol. The topological polar surface area (TPSA) is 75.6 Å². The summed E-state index contributed by atoms with van der Waals surface area (Å²) < 4.78 is 68.8. The van der Waals surface area contributed by atoms with Gasteiger partial charge in [-0.05, 0) is 55.9 Å². The first-order valence-corrected chi connectivity index (χ1v) is 15.0. The molecule has 0 saturated carbocycles. The van der Waals surface area contributed by atoms with E-state index >= 15 is 0 Å². The molecule has 1 atom stereocenters. The largest absolute Gasteiger partial charge is 0.390 e. The van der Waals surface area contributed by atoms with Crippen molar-refractivity contribution in [2.75, 3.05) is 50.0 Å². The zero-order valence-corrected chi connectivity index (χ0v) is 22.7. The van der Waals surface area contributed by atoms with Gasteiger partial charge >= 0.3 is 6.18 Å². The van der Waals surface area contributed by atoms with Gasteiger partial charge in [-0.15, -0.1) is 6.58 Å². The molecule has 2 aliphatic rings. The lowest BCUT2D eigenvalue weighted by Crippen LogP contribution is -2.41. The molecule has 1 aromatic heterocycles. The van der Waals surface area contributed by atoms with Crippen LogP contribution in [0.2, 0.25) is 0 Å². The second kappa shape index (κ2) is 13.9. The lowest BCUT2D eigenvalue weighted by Gasteiger charge is -2.33. The summed E-state index contributed by atoms with van der Waals surface area (Å²) >= 11 is 0. The molecule has 3 heterocycles. The number of anilines is 1. The summed E-state index contributed by atoms with van der Waals surface area (Å²) in [5.41, 5.74) is 1.17. The monoisotopic (exact) mass is 546 g/mol. The van der Waals surface area contributed by atoms with Crippen LogP contribution in [0.25, 0.3) is 0 Å². The van der Waals surface area contributed by atoms with Crippen LogP contribution in [0.5, 0.6) is 0 Å². The fourth-order valence-corrected chi connectivity index (χ4v) is 6.59. The van der Waals surface area contributed by atoms with E-state index in [4.69, 9.17) is 4.74 Å². The minimum Gasteiger partial charge on any atom is -0.381 e. The molecule has 2 saturated heterocycles. The van der Waals surface area contributed by atoms with Crippen molar-refractivity contribution >= 4 is 16.0 Å². The van der Waals surface area contributed by atoms with Gasteiger partial charge in [0.25, 0.3) is 0 Å². The summed E-state index contributed by atoms with van der Waals surface area (Å²) in [7, 11) is -3.87. The second-order valence-corrected chi connectivity index (χ2v) is 12.5. The molecule has 0 radical (unpaired) electrons. The van der Waals surface area contributed by atoms with Crippen LogP contribution >= 0.6 is 0 Å². The van der Waals surface area contributed by atoms with E-state index in [1.54, 1.807) is 0 Å². The molecule has 1 aromatic rings. The predicted octanol–water partition coefficient (Wildman–Crippen LogP) is 4.85. The Labute approximate surface area is 219 Å². The highest BCUT2D eigenvalue weighted by Crippen LogP contribution is 2.28. The third kappa shape index (κ3) is 9.83. The number of aryl methyl sites for hydroxylation is 1. The number of nitrogens with zero attached hydrogens (tertiary/aromatic N) is 4. The molecule has 0 bridgehead atoms. The van der Waals surface area contributed by atoms with Crippen LogP contribution in [-0.4, -0.2) is 74.0 Å². The first-order valence-electron chi connectivity index (χ1n) is 13.4. The van der Waals surface area contributed by atoms with Gasteiger partial charge < -0.3 is 9.64 Å². The van der Waals surface area contributed by atoms with Gasteiger partial charge in [-0.25, -0.2) is 22.7 Å². The third-order valence-electron chi connectivity index (χ3n) is 7.39. The number of ether oxygens (including phenoxy) is 1.